The van der Waals surface area contributed by atoms with E-state index in [1.54, 1.807) is 12.4 Å². The first-order valence-corrected chi connectivity index (χ1v) is 9.67. The molecule has 0 amide bonds. The number of aromatic amines is 1. The molecule has 0 aromatic carbocycles. The summed E-state index contributed by atoms with van der Waals surface area (Å²) in [5, 5.41) is 13.7. The summed E-state index contributed by atoms with van der Waals surface area (Å²) in [5.74, 6) is 2.10. The highest BCUT2D eigenvalue weighted by Crippen LogP contribution is 2.38. The van der Waals surface area contributed by atoms with Crippen LogP contribution in [0.15, 0.2) is 23.3 Å². The summed E-state index contributed by atoms with van der Waals surface area (Å²) in [6.07, 6.45) is 10.1. The molecule has 1 fully saturated rings. The van der Waals surface area contributed by atoms with Gasteiger partial charge in [-0.05, 0) is 55.2 Å². The zero-order valence-corrected chi connectivity index (χ0v) is 18.6. The molecule has 0 unspecified atom stereocenters. The van der Waals surface area contributed by atoms with Crippen LogP contribution in [-0.4, -0.2) is 32.3 Å². The van der Waals surface area contributed by atoms with Gasteiger partial charge < -0.3 is 15.4 Å². The first-order chi connectivity index (χ1) is 12.9. The summed E-state index contributed by atoms with van der Waals surface area (Å²) in [5.41, 5.74) is 2.83. The Kier molecular flexibility index (Phi) is 7.35. The van der Waals surface area contributed by atoms with Crippen molar-refractivity contribution in [2.45, 2.75) is 52.5 Å². The molecule has 2 aromatic rings. The highest BCUT2D eigenvalue weighted by molar-refractivity contribution is 6.20. The van der Waals surface area contributed by atoms with Gasteiger partial charge in [0.05, 0.1) is 0 Å². The third kappa shape index (κ3) is 5.11. The van der Waals surface area contributed by atoms with E-state index in [0.29, 0.717) is 28.9 Å². The van der Waals surface area contributed by atoms with Crippen molar-refractivity contribution >= 4 is 54.4 Å². The summed E-state index contributed by atoms with van der Waals surface area (Å²) < 4.78 is 0. The van der Waals surface area contributed by atoms with Gasteiger partial charge in [-0.25, -0.2) is 9.98 Å². The van der Waals surface area contributed by atoms with Crippen molar-refractivity contribution in [1.82, 2.24) is 15.0 Å². The molecule has 2 aliphatic rings. The first kappa shape index (κ1) is 23.2. The molecule has 0 saturated heterocycles. The van der Waals surface area contributed by atoms with Gasteiger partial charge in [0.1, 0.15) is 5.69 Å². The van der Waals surface area contributed by atoms with Crippen molar-refractivity contribution in [2.24, 2.45) is 16.3 Å². The van der Waals surface area contributed by atoms with Crippen LogP contribution in [0.5, 0.6) is 5.88 Å². The van der Waals surface area contributed by atoms with Crippen molar-refractivity contribution in [3.05, 3.63) is 29.6 Å². The molecule has 8 heteroatoms. The number of nitrogens with zero attached hydrogens (tertiary/aromatic N) is 3. The Morgan fingerprint density at radius 3 is 2.59 bits per heavy atom. The Bertz CT molecular complexity index is 893. The molecule has 29 heavy (non-hydrogen) atoms. The normalized spacial score (nSPS) is 22.0. The van der Waals surface area contributed by atoms with Crippen molar-refractivity contribution in [3.63, 3.8) is 0 Å². The van der Waals surface area contributed by atoms with E-state index in [-0.39, 0.29) is 30.7 Å². The van der Waals surface area contributed by atoms with Crippen LogP contribution in [0.1, 0.15) is 57.7 Å². The number of hydrogen-bond acceptors (Lipinski definition) is 5. The third-order valence-electron chi connectivity index (χ3n) is 5.73. The third-order valence-corrected chi connectivity index (χ3v) is 5.73. The van der Waals surface area contributed by atoms with E-state index in [1.807, 2.05) is 18.2 Å². The lowest BCUT2D eigenvalue weighted by molar-refractivity contribution is 0.173. The number of hydrogen-bond donors (Lipinski definition) is 3. The lowest BCUT2D eigenvalue weighted by atomic mass is 9.71. The number of allylic oxidation sites excluding steroid dienone is 1. The van der Waals surface area contributed by atoms with Gasteiger partial charge >= 0.3 is 0 Å². The summed E-state index contributed by atoms with van der Waals surface area (Å²) in [7, 11) is 0. The van der Waals surface area contributed by atoms with Gasteiger partial charge in [-0.3, -0.25) is 0 Å². The largest absolute Gasteiger partial charge is 0.492 e. The van der Waals surface area contributed by atoms with Crippen LogP contribution in [0.4, 0.5) is 11.8 Å². The van der Waals surface area contributed by atoms with E-state index in [1.165, 1.54) is 12.8 Å². The summed E-state index contributed by atoms with van der Waals surface area (Å²) >= 11 is 0. The lowest BCUT2D eigenvalue weighted by Crippen LogP contribution is -2.31. The van der Waals surface area contributed by atoms with Crippen LogP contribution < -0.4 is 5.32 Å². The number of nitrogens with one attached hydrogen (secondary N) is 2. The monoisotopic (exact) mass is 437 g/mol. The molecule has 1 aliphatic heterocycles. The van der Waals surface area contributed by atoms with Gasteiger partial charge in [-0.2, -0.15) is 4.98 Å². The number of aromatic hydroxyl groups is 1. The highest BCUT2D eigenvalue weighted by atomic mass is 35.5. The fraction of sp³-hybridized carbons (Fsp3) is 0.476. The van der Waals surface area contributed by atoms with E-state index in [2.05, 4.69) is 46.0 Å². The molecule has 0 radical (unpaired) electrons. The number of H-pyrrole nitrogens is 1. The maximum atomic E-state index is 10.2. The van der Waals surface area contributed by atoms with Crippen LogP contribution in [0, 0.1) is 11.3 Å². The van der Waals surface area contributed by atoms with E-state index in [9.17, 15) is 5.11 Å². The minimum Gasteiger partial charge on any atom is -0.492 e. The van der Waals surface area contributed by atoms with Crippen molar-refractivity contribution in [3.8, 4) is 5.88 Å². The lowest BCUT2D eigenvalue weighted by Gasteiger charge is -2.37. The number of aromatic nitrogens is 3. The van der Waals surface area contributed by atoms with Gasteiger partial charge in [0.25, 0.3) is 0 Å². The van der Waals surface area contributed by atoms with E-state index in [4.69, 9.17) is 0 Å². The maximum absolute atomic E-state index is 10.2. The Balaban J connectivity index is 0.00000150. The maximum Gasteiger partial charge on any atom is 0.238 e. The molecule has 1 saturated carbocycles. The Morgan fingerprint density at radius 2 is 1.90 bits per heavy atom. The van der Waals surface area contributed by atoms with Gasteiger partial charge in [-0.15, -0.1) is 24.8 Å². The number of halogens is 2. The summed E-state index contributed by atoms with van der Waals surface area (Å²) in [6, 6.07) is 4.25. The molecule has 0 spiro atoms. The SMILES string of the molecule is CC(C)(C)C1CCC(Nc2nc(O)c(/C=C3\C=Nc4ncccc43)[nH]2)CC1.Cl.Cl. The van der Waals surface area contributed by atoms with Crippen LogP contribution in [-0.2, 0) is 0 Å². The zero-order valence-electron chi connectivity index (χ0n) is 17.0. The Morgan fingerprint density at radius 1 is 1.17 bits per heavy atom. The smallest absolute Gasteiger partial charge is 0.238 e. The summed E-state index contributed by atoms with van der Waals surface area (Å²) in [4.78, 5) is 16.0. The molecule has 2 aromatic heterocycles. The second-order valence-electron chi connectivity index (χ2n) is 8.61. The quantitative estimate of drug-likeness (QED) is 0.580. The molecule has 6 nitrogen and oxygen atoms in total. The van der Waals surface area contributed by atoms with Gasteiger partial charge in [0.2, 0.25) is 11.8 Å². The zero-order chi connectivity index (χ0) is 19.0. The Hall–Kier alpha value is -2.05. The molecule has 0 bridgehead atoms. The number of imidazole rings is 1. The molecule has 158 valence electrons. The fourth-order valence-corrected chi connectivity index (χ4v) is 4.04. The van der Waals surface area contributed by atoms with Gasteiger partial charge in [0.15, 0.2) is 5.82 Å². The van der Waals surface area contributed by atoms with E-state index >= 15 is 0 Å². The minimum atomic E-state index is -0.000817. The predicted octanol–water partition coefficient (Wildman–Crippen LogP) is 5.63. The fourth-order valence-electron chi connectivity index (χ4n) is 4.04. The molecule has 3 heterocycles. The topological polar surface area (TPSA) is 86.2 Å². The minimum absolute atomic E-state index is 0. The standard InChI is InChI=1S/C21H27N5O.2ClH/c1-21(2,3)14-6-8-15(9-7-14)24-20-25-17(19(27)26-20)11-13-12-23-18-16(13)5-4-10-22-18;;/h4-5,10-12,14-15,27H,6-9H2,1-3H3,(H2,24,25,26);2*1H/b13-11+;;. The average molecular weight is 438 g/mol. The van der Waals surface area contributed by atoms with Crippen LogP contribution in [0.2, 0.25) is 0 Å². The number of fused-ring (bicyclic) bond motifs is 1. The van der Waals surface area contributed by atoms with Crippen LogP contribution >= 0.6 is 24.8 Å². The molecule has 1 aliphatic carbocycles. The summed E-state index contributed by atoms with van der Waals surface area (Å²) in [6.45, 7) is 6.99. The van der Waals surface area contributed by atoms with Crippen molar-refractivity contribution in [2.75, 3.05) is 5.32 Å². The van der Waals surface area contributed by atoms with Crippen molar-refractivity contribution in [1.29, 1.82) is 0 Å². The number of anilines is 1. The molecular formula is C21H29Cl2N5O. The average Bonchev–Trinajstić information content (AvgIpc) is 3.19. The highest BCUT2D eigenvalue weighted by Gasteiger charge is 2.30. The predicted molar refractivity (Wildman–Crippen MR) is 124 cm³/mol. The van der Waals surface area contributed by atoms with Gasteiger partial charge in [-0.1, -0.05) is 20.8 Å². The number of pyridine rings is 1. The first-order valence-electron chi connectivity index (χ1n) is 9.67. The van der Waals surface area contributed by atoms with E-state index in [0.717, 1.165) is 29.9 Å². The molecular weight excluding hydrogens is 409 g/mol. The number of rotatable bonds is 3. The second-order valence-corrected chi connectivity index (χ2v) is 8.61. The Labute approximate surface area is 184 Å². The number of aliphatic imine (C=N–C) groups is 1. The second kappa shape index (κ2) is 9.18. The molecule has 3 N–H and O–H groups in total. The van der Waals surface area contributed by atoms with E-state index < -0.39 is 0 Å². The molecule has 4 rings (SSSR count). The van der Waals surface area contributed by atoms with Crippen molar-refractivity contribution < 1.29 is 5.11 Å². The van der Waals surface area contributed by atoms with Crippen LogP contribution in [0.25, 0.3) is 11.6 Å². The molecule has 0 atom stereocenters. The van der Waals surface area contributed by atoms with Crippen LogP contribution in [0.3, 0.4) is 0 Å². The van der Waals surface area contributed by atoms with Gasteiger partial charge in [0, 0.05) is 29.6 Å².